The number of methoxy groups -OCH3 is 2. The summed E-state index contributed by atoms with van der Waals surface area (Å²) in [5, 5.41) is 3.95. The molecule has 7 rings (SSSR count). The van der Waals surface area contributed by atoms with Crippen molar-refractivity contribution in [1.82, 2.24) is 0 Å². The van der Waals surface area contributed by atoms with Gasteiger partial charge in [-0.2, -0.15) is 0 Å². The second-order valence-electron chi connectivity index (χ2n) is 8.22. The Kier molecular flexibility index (Phi) is 4.30. The second kappa shape index (κ2) is 6.90. The first-order valence-corrected chi connectivity index (χ1v) is 11.7. The number of Topliss-reactive ketones (excluding diaryl/α,β-unsaturated/α-hetero) is 2. The van der Waals surface area contributed by atoms with Gasteiger partial charge in [-0.25, -0.2) is 0 Å². The largest absolute Gasteiger partial charge is 0.493 e. The van der Waals surface area contributed by atoms with Crippen molar-refractivity contribution in [3.05, 3.63) is 79.7 Å². The van der Waals surface area contributed by atoms with Crippen LogP contribution in [0.4, 0.5) is 0 Å². The summed E-state index contributed by atoms with van der Waals surface area (Å²) in [5.74, 6) is -0.561. The first kappa shape index (κ1) is 19.9. The topological polar surface area (TPSA) is 52.6 Å². The van der Waals surface area contributed by atoms with Gasteiger partial charge in [-0.3, -0.25) is 9.59 Å². The van der Waals surface area contributed by atoms with Crippen LogP contribution in [0, 0.1) is 0 Å². The number of ketones is 2. The van der Waals surface area contributed by atoms with E-state index in [9.17, 15) is 9.59 Å². The summed E-state index contributed by atoms with van der Waals surface area (Å²) in [6, 6.07) is 16.1. The van der Waals surface area contributed by atoms with Crippen molar-refractivity contribution < 1.29 is 19.1 Å². The van der Waals surface area contributed by atoms with Crippen LogP contribution < -0.4 is 9.47 Å². The molecule has 0 spiro atoms. The van der Waals surface area contributed by atoms with Crippen LogP contribution >= 0.6 is 31.9 Å². The molecule has 0 N–H and O–H groups in total. The Balaban J connectivity index is 1.65. The zero-order valence-corrected chi connectivity index (χ0v) is 20.3. The fourth-order valence-electron chi connectivity index (χ4n) is 5.18. The molecule has 3 aliphatic rings. The number of hydrogen-bond acceptors (Lipinski definition) is 4. The molecular formula is C26H16Br2O4. The fourth-order valence-corrected chi connectivity index (χ4v) is 5.90. The molecule has 3 aliphatic carbocycles. The molecule has 4 aromatic rings. The van der Waals surface area contributed by atoms with Crippen LogP contribution in [0.2, 0.25) is 0 Å². The lowest BCUT2D eigenvalue weighted by Crippen LogP contribution is -2.40. The highest BCUT2D eigenvalue weighted by atomic mass is 79.9. The van der Waals surface area contributed by atoms with Gasteiger partial charge in [0.25, 0.3) is 0 Å². The number of ether oxygens (including phenoxy) is 2. The average molecular weight is 552 g/mol. The van der Waals surface area contributed by atoms with Crippen molar-refractivity contribution in [1.29, 1.82) is 0 Å². The molecule has 6 heteroatoms. The zero-order valence-electron chi connectivity index (χ0n) is 17.2. The maximum Gasteiger partial charge on any atom is 0.211 e. The van der Waals surface area contributed by atoms with E-state index in [4.69, 9.17) is 9.47 Å². The molecule has 0 saturated carbocycles. The van der Waals surface area contributed by atoms with E-state index in [1.165, 1.54) is 0 Å². The van der Waals surface area contributed by atoms with E-state index in [2.05, 4.69) is 44.0 Å². The third-order valence-electron chi connectivity index (χ3n) is 6.64. The van der Waals surface area contributed by atoms with Gasteiger partial charge in [-0.15, -0.1) is 0 Å². The maximum absolute atomic E-state index is 13.1. The molecule has 0 radical (unpaired) electrons. The Morgan fingerprint density at radius 1 is 0.562 bits per heavy atom. The second-order valence-corrected chi connectivity index (χ2v) is 9.93. The van der Waals surface area contributed by atoms with E-state index in [0.29, 0.717) is 11.5 Å². The summed E-state index contributed by atoms with van der Waals surface area (Å²) in [7, 11) is 3.20. The third-order valence-corrected chi connectivity index (χ3v) is 8.48. The van der Waals surface area contributed by atoms with E-state index in [1.54, 1.807) is 14.2 Å². The first-order valence-electron chi connectivity index (χ1n) is 10.1. The minimum Gasteiger partial charge on any atom is -0.493 e. The van der Waals surface area contributed by atoms with Crippen LogP contribution in [0.3, 0.4) is 0 Å². The molecule has 2 bridgehead atoms. The molecule has 4 aromatic carbocycles. The van der Waals surface area contributed by atoms with E-state index < -0.39 is 11.8 Å². The van der Waals surface area contributed by atoms with Crippen molar-refractivity contribution in [3.63, 3.8) is 0 Å². The Hall–Kier alpha value is -2.70. The van der Waals surface area contributed by atoms with Gasteiger partial charge in [-0.1, -0.05) is 0 Å². The van der Waals surface area contributed by atoms with Crippen LogP contribution in [-0.2, 0) is 9.59 Å². The van der Waals surface area contributed by atoms with Gasteiger partial charge in [-0.05, 0) is 124 Å². The Labute approximate surface area is 200 Å². The molecule has 0 saturated heterocycles. The molecule has 0 aliphatic heterocycles. The van der Waals surface area contributed by atoms with E-state index in [1.807, 2.05) is 36.4 Å². The minimum absolute atomic E-state index is 0.328. The summed E-state index contributed by atoms with van der Waals surface area (Å²) in [6.07, 6.45) is 0. The molecular weight excluding hydrogens is 536 g/mol. The Morgan fingerprint density at radius 2 is 0.875 bits per heavy atom. The number of carbonyl (C=O) groups excluding carboxylic acids is 2. The number of fused-ring (bicyclic) bond motifs is 3. The minimum atomic E-state index is -0.582. The smallest absolute Gasteiger partial charge is 0.211 e. The lowest BCUT2D eigenvalue weighted by Gasteiger charge is -2.38. The van der Waals surface area contributed by atoms with Crippen molar-refractivity contribution in [3.8, 4) is 11.5 Å². The van der Waals surface area contributed by atoms with Gasteiger partial charge >= 0.3 is 0 Å². The van der Waals surface area contributed by atoms with Gasteiger partial charge in [0, 0.05) is 8.95 Å². The molecule has 32 heavy (non-hydrogen) atoms. The predicted octanol–water partition coefficient (Wildman–Crippen LogP) is 6.26. The maximum atomic E-state index is 13.1. The molecule has 0 heterocycles. The Morgan fingerprint density at radius 3 is 1.19 bits per heavy atom. The van der Waals surface area contributed by atoms with Crippen molar-refractivity contribution in [2.75, 3.05) is 14.2 Å². The number of hydrogen-bond donors (Lipinski definition) is 0. The summed E-state index contributed by atoms with van der Waals surface area (Å²) in [4.78, 5) is 26.2. The highest BCUT2D eigenvalue weighted by molar-refractivity contribution is 9.13. The normalized spacial score (nSPS) is 18.8. The summed E-state index contributed by atoms with van der Waals surface area (Å²) in [6.45, 7) is 0. The van der Waals surface area contributed by atoms with Crippen molar-refractivity contribution in [2.45, 2.75) is 11.8 Å². The SMILES string of the molecule is COc1cc2cc3c(cc2cc1OC)C1C(=O)C(=O)C3c2cc3cc(Br)c(Br)cc3cc21. The van der Waals surface area contributed by atoms with E-state index in [0.717, 1.165) is 52.7 Å². The third kappa shape index (κ3) is 2.60. The number of halogens is 2. The molecule has 0 aromatic heterocycles. The van der Waals surface area contributed by atoms with Crippen molar-refractivity contribution in [2.24, 2.45) is 0 Å². The van der Waals surface area contributed by atoms with Gasteiger partial charge in [0.15, 0.2) is 11.5 Å². The monoisotopic (exact) mass is 550 g/mol. The van der Waals surface area contributed by atoms with Gasteiger partial charge < -0.3 is 9.47 Å². The van der Waals surface area contributed by atoms with E-state index >= 15 is 0 Å². The zero-order chi connectivity index (χ0) is 22.3. The standard InChI is InChI=1S/C26H16Br2O4/c1-31-21-9-13-5-17-18(6-14(13)10-22(21)32-2)24-16-4-12-8-20(28)19(27)7-11(12)3-15(16)23(17)25(29)26(24)30/h3-10,23-24H,1-2H3. The Bertz CT molecular complexity index is 1410. The van der Waals surface area contributed by atoms with Gasteiger partial charge in [0.2, 0.25) is 11.6 Å². The van der Waals surface area contributed by atoms with Gasteiger partial charge in [0.1, 0.15) is 0 Å². The molecule has 0 amide bonds. The van der Waals surface area contributed by atoms with Gasteiger partial charge in [0.05, 0.1) is 26.1 Å². The number of benzene rings is 4. The quantitative estimate of drug-likeness (QED) is 0.276. The highest BCUT2D eigenvalue weighted by Gasteiger charge is 2.49. The molecule has 0 fully saturated rings. The van der Waals surface area contributed by atoms with E-state index in [-0.39, 0.29) is 11.6 Å². The molecule has 158 valence electrons. The average Bonchev–Trinajstić information content (AvgIpc) is 2.78. The number of carbonyl (C=O) groups is 2. The first-order chi connectivity index (χ1) is 15.4. The lowest BCUT2D eigenvalue weighted by atomic mass is 9.62. The summed E-state index contributed by atoms with van der Waals surface area (Å²) < 4.78 is 12.8. The molecule has 2 unspecified atom stereocenters. The number of rotatable bonds is 2. The fraction of sp³-hybridized carbons (Fsp3) is 0.154. The van der Waals surface area contributed by atoms with Crippen molar-refractivity contribution >= 4 is 65.0 Å². The highest BCUT2D eigenvalue weighted by Crippen LogP contribution is 2.52. The van der Waals surface area contributed by atoms with Crippen LogP contribution in [0.1, 0.15) is 34.1 Å². The predicted molar refractivity (Wildman–Crippen MR) is 130 cm³/mol. The van der Waals surface area contributed by atoms with Crippen LogP contribution in [0.25, 0.3) is 21.5 Å². The van der Waals surface area contributed by atoms with Crippen LogP contribution in [0.5, 0.6) is 11.5 Å². The molecule has 4 nitrogen and oxygen atoms in total. The summed E-state index contributed by atoms with van der Waals surface area (Å²) >= 11 is 7.13. The summed E-state index contributed by atoms with van der Waals surface area (Å²) in [5.41, 5.74) is 3.66. The lowest BCUT2D eigenvalue weighted by molar-refractivity contribution is -0.138. The molecule has 2 atom stereocenters. The van der Waals surface area contributed by atoms with Crippen LogP contribution in [-0.4, -0.2) is 25.8 Å². The van der Waals surface area contributed by atoms with Crippen LogP contribution in [0.15, 0.2) is 57.5 Å².